The van der Waals surface area contributed by atoms with Gasteiger partial charge >= 0.3 is 0 Å². The number of aromatic nitrogens is 3. The predicted octanol–water partition coefficient (Wildman–Crippen LogP) is 4.58. The molecule has 36 heavy (non-hydrogen) atoms. The second-order valence-corrected chi connectivity index (χ2v) is 8.27. The van der Waals surface area contributed by atoms with Crippen molar-refractivity contribution in [2.75, 3.05) is 19.1 Å². The van der Waals surface area contributed by atoms with Gasteiger partial charge in [-0.2, -0.15) is 10.1 Å². The van der Waals surface area contributed by atoms with E-state index in [0.717, 1.165) is 11.1 Å². The molecule has 2 atom stereocenters. The lowest BCUT2D eigenvalue weighted by Gasteiger charge is -2.39. The largest absolute Gasteiger partial charge is 0.497 e. The van der Waals surface area contributed by atoms with Crippen molar-refractivity contribution in [1.29, 1.82) is 0 Å². The number of amides is 1. The molecule has 0 unspecified atom stereocenters. The molecule has 4 aromatic rings. The van der Waals surface area contributed by atoms with Crippen LogP contribution in [0.2, 0.25) is 0 Å². The predicted molar refractivity (Wildman–Crippen MR) is 131 cm³/mol. The van der Waals surface area contributed by atoms with E-state index in [-0.39, 0.29) is 17.3 Å². The van der Waals surface area contributed by atoms with E-state index in [1.807, 2.05) is 48.5 Å². The van der Waals surface area contributed by atoms with Gasteiger partial charge in [0, 0.05) is 23.3 Å². The van der Waals surface area contributed by atoms with E-state index >= 15 is 0 Å². The van der Waals surface area contributed by atoms with Crippen molar-refractivity contribution in [3.05, 3.63) is 106 Å². The average molecular weight is 486 g/mol. The monoisotopic (exact) mass is 485 g/mol. The molecule has 1 amide bonds. The number of hydrogen-bond donors (Lipinski definition) is 0. The Kier molecular flexibility index (Phi) is 6.07. The number of methoxy groups -OCH3 is 2. The number of nitro groups is 1. The van der Waals surface area contributed by atoms with Crippen LogP contribution in [0.15, 0.2) is 79.1 Å². The van der Waals surface area contributed by atoms with E-state index in [9.17, 15) is 14.9 Å². The van der Waals surface area contributed by atoms with Crippen molar-refractivity contribution < 1.29 is 19.2 Å². The average Bonchev–Trinajstić information content (AvgIpc) is 3.42. The number of nitrogens with zero attached hydrogens (tertiary/aromatic N) is 5. The number of carbonyl (C=O) groups excluding carboxylic acids is 1. The standard InChI is InChI=1S/C26H23N5O5/c1-35-20-12-10-17(11-13-20)22-15-23(21-8-3-4-9-24(21)36-2)30-26(27-16-28-30)29(22)25(32)18-6-5-7-19(14-18)31(33)34/h3-14,16,22-23H,15H2,1-2H3/t22-,23+/m1/s1. The van der Waals surface area contributed by atoms with Crippen LogP contribution in [0.25, 0.3) is 0 Å². The summed E-state index contributed by atoms with van der Waals surface area (Å²) in [6.45, 7) is 0. The molecule has 1 aromatic heterocycles. The molecule has 0 aliphatic carbocycles. The molecule has 0 saturated heterocycles. The van der Waals surface area contributed by atoms with Crippen LogP contribution in [0.1, 0.15) is 40.0 Å². The highest BCUT2D eigenvalue weighted by Gasteiger charge is 2.40. The highest BCUT2D eigenvalue weighted by atomic mass is 16.6. The number of anilines is 1. The second kappa shape index (κ2) is 9.49. The third-order valence-corrected chi connectivity index (χ3v) is 6.34. The SMILES string of the molecule is COc1ccc([C@H]2C[C@@H](c3ccccc3OC)n3ncnc3N2C(=O)c2cccc([N+](=O)[O-])c2)cc1. The van der Waals surface area contributed by atoms with Gasteiger partial charge in [0.05, 0.1) is 31.2 Å². The Morgan fingerprint density at radius 3 is 2.50 bits per heavy atom. The van der Waals surface area contributed by atoms with Crippen molar-refractivity contribution in [2.24, 2.45) is 0 Å². The molecule has 2 heterocycles. The minimum atomic E-state index is -0.520. The molecular weight excluding hydrogens is 462 g/mol. The van der Waals surface area contributed by atoms with E-state index < -0.39 is 16.9 Å². The number of rotatable bonds is 6. The van der Waals surface area contributed by atoms with Gasteiger partial charge in [-0.25, -0.2) is 4.68 Å². The maximum absolute atomic E-state index is 13.9. The molecule has 1 aliphatic heterocycles. The maximum atomic E-state index is 13.9. The van der Waals surface area contributed by atoms with Crippen LogP contribution in [0.3, 0.4) is 0 Å². The van der Waals surface area contributed by atoms with Gasteiger partial charge in [0.15, 0.2) is 0 Å². The van der Waals surface area contributed by atoms with Crippen molar-refractivity contribution in [3.8, 4) is 11.5 Å². The van der Waals surface area contributed by atoms with Crippen molar-refractivity contribution in [3.63, 3.8) is 0 Å². The summed E-state index contributed by atoms with van der Waals surface area (Å²) in [7, 11) is 3.21. The Morgan fingerprint density at radius 2 is 1.78 bits per heavy atom. The molecular formula is C26H23N5O5. The first-order chi connectivity index (χ1) is 17.5. The smallest absolute Gasteiger partial charge is 0.270 e. The van der Waals surface area contributed by atoms with Crippen LogP contribution in [-0.2, 0) is 0 Å². The summed E-state index contributed by atoms with van der Waals surface area (Å²) in [6, 6.07) is 20.2. The summed E-state index contributed by atoms with van der Waals surface area (Å²) in [6.07, 6.45) is 1.88. The number of para-hydroxylation sites is 1. The van der Waals surface area contributed by atoms with E-state index in [0.29, 0.717) is 23.9 Å². The Labute approximate surface area is 206 Å². The molecule has 0 bridgehead atoms. The van der Waals surface area contributed by atoms with Crippen LogP contribution in [0.5, 0.6) is 11.5 Å². The van der Waals surface area contributed by atoms with Crippen LogP contribution in [0.4, 0.5) is 11.6 Å². The van der Waals surface area contributed by atoms with Crippen molar-refractivity contribution >= 4 is 17.5 Å². The minimum absolute atomic E-state index is 0.160. The maximum Gasteiger partial charge on any atom is 0.270 e. The third-order valence-electron chi connectivity index (χ3n) is 6.34. The molecule has 10 heteroatoms. The molecule has 0 saturated carbocycles. The zero-order valence-electron chi connectivity index (χ0n) is 19.6. The van der Waals surface area contributed by atoms with Gasteiger partial charge in [-0.15, -0.1) is 0 Å². The molecule has 182 valence electrons. The van der Waals surface area contributed by atoms with Crippen molar-refractivity contribution in [1.82, 2.24) is 14.8 Å². The van der Waals surface area contributed by atoms with Crippen molar-refractivity contribution in [2.45, 2.75) is 18.5 Å². The van der Waals surface area contributed by atoms with E-state index in [1.54, 1.807) is 29.9 Å². The number of nitro benzene ring substituents is 1. The minimum Gasteiger partial charge on any atom is -0.497 e. The fourth-order valence-electron chi connectivity index (χ4n) is 4.63. The first-order valence-electron chi connectivity index (χ1n) is 11.3. The normalized spacial score (nSPS) is 16.8. The second-order valence-electron chi connectivity index (χ2n) is 8.27. The summed E-state index contributed by atoms with van der Waals surface area (Å²) in [5, 5.41) is 15.8. The van der Waals surface area contributed by atoms with Crippen LogP contribution in [0, 0.1) is 10.1 Å². The van der Waals surface area contributed by atoms with Crippen LogP contribution < -0.4 is 14.4 Å². The highest BCUT2D eigenvalue weighted by Crippen LogP contribution is 2.44. The van der Waals surface area contributed by atoms with E-state index in [2.05, 4.69) is 10.1 Å². The fourth-order valence-corrected chi connectivity index (χ4v) is 4.63. The van der Waals surface area contributed by atoms with Gasteiger partial charge in [0.1, 0.15) is 17.8 Å². The molecule has 1 aliphatic rings. The number of ether oxygens (including phenoxy) is 2. The molecule has 3 aromatic carbocycles. The van der Waals surface area contributed by atoms with Gasteiger partial charge in [-0.05, 0) is 36.2 Å². The first kappa shape index (κ1) is 23.0. The van der Waals surface area contributed by atoms with Crippen LogP contribution in [-0.4, -0.2) is 39.8 Å². The Balaban J connectivity index is 1.66. The molecule has 5 rings (SSSR count). The first-order valence-corrected chi connectivity index (χ1v) is 11.3. The summed E-state index contributed by atoms with van der Waals surface area (Å²) in [4.78, 5) is 30.7. The Hall–Kier alpha value is -4.73. The zero-order valence-corrected chi connectivity index (χ0v) is 19.6. The topological polar surface area (TPSA) is 113 Å². The summed E-state index contributed by atoms with van der Waals surface area (Å²) in [5.41, 5.74) is 1.80. The molecule has 10 nitrogen and oxygen atoms in total. The zero-order chi connectivity index (χ0) is 25.2. The van der Waals surface area contributed by atoms with Gasteiger partial charge in [0.25, 0.3) is 11.6 Å². The van der Waals surface area contributed by atoms with E-state index in [4.69, 9.17) is 9.47 Å². The van der Waals surface area contributed by atoms with Gasteiger partial charge in [-0.3, -0.25) is 19.8 Å². The van der Waals surface area contributed by atoms with Gasteiger partial charge < -0.3 is 9.47 Å². The molecule has 0 N–H and O–H groups in total. The van der Waals surface area contributed by atoms with Gasteiger partial charge in [0.2, 0.25) is 5.95 Å². The molecule has 0 fully saturated rings. The molecule has 0 spiro atoms. The lowest BCUT2D eigenvalue weighted by atomic mass is 9.91. The number of hydrogen-bond acceptors (Lipinski definition) is 7. The summed E-state index contributed by atoms with van der Waals surface area (Å²) >= 11 is 0. The Morgan fingerprint density at radius 1 is 1.00 bits per heavy atom. The quantitative estimate of drug-likeness (QED) is 0.290. The lowest BCUT2D eigenvalue weighted by Crippen LogP contribution is -2.42. The number of fused-ring (bicyclic) bond motifs is 1. The van der Waals surface area contributed by atoms with Crippen LogP contribution >= 0.6 is 0 Å². The Bertz CT molecular complexity index is 1420. The third kappa shape index (κ3) is 4.02. The number of carbonyl (C=O) groups is 1. The summed E-state index contributed by atoms with van der Waals surface area (Å²) < 4.78 is 12.6. The number of non-ortho nitro benzene ring substituents is 1. The fraction of sp³-hybridized carbons (Fsp3) is 0.192. The number of benzene rings is 3. The lowest BCUT2D eigenvalue weighted by molar-refractivity contribution is -0.384. The summed E-state index contributed by atoms with van der Waals surface area (Å²) in [5.74, 6) is 1.33. The highest BCUT2D eigenvalue weighted by molar-refractivity contribution is 6.06. The molecule has 0 radical (unpaired) electrons. The van der Waals surface area contributed by atoms with E-state index in [1.165, 1.54) is 24.5 Å². The van der Waals surface area contributed by atoms with Gasteiger partial charge in [-0.1, -0.05) is 36.4 Å².